The quantitative estimate of drug-likeness (QED) is 0.874. The number of aromatic nitrogens is 1. The summed E-state index contributed by atoms with van der Waals surface area (Å²) in [6.07, 6.45) is 2.61. The van der Waals surface area contributed by atoms with Crippen molar-refractivity contribution in [3.8, 4) is 5.75 Å². The van der Waals surface area contributed by atoms with Crippen molar-refractivity contribution in [3.05, 3.63) is 46.2 Å². The molecule has 2 aromatic rings. The first-order chi connectivity index (χ1) is 8.66. The van der Waals surface area contributed by atoms with Crippen LogP contribution in [0, 0.1) is 5.82 Å². The molecule has 3 nitrogen and oxygen atoms in total. The molecule has 2 rings (SSSR count). The number of rotatable bonds is 5. The molecule has 1 atom stereocenters. The molecule has 96 valence electrons. The van der Waals surface area contributed by atoms with E-state index in [1.54, 1.807) is 17.5 Å². The van der Waals surface area contributed by atoms with E-state index in [-0.39, 0.29) is 17.6 Å². The van der Waals surface area contributed by atoms with Gasteiger partial charge in [-0.2, -0.15) is 0 Å². The Morgan fingerprint density at radius 2 is 2.33 bits per heavy atom. The number of phenolic OH excluding ortho intramolecular Hbond substituents is 1. The van der Waals surface area contributed by atoms with Gasteiger partial charge in [0.1, 0.15) is 11.6 Å². The monoisotopic (exact) mass is 266 g/mol. The van der Waals surface area contributed by atoms with Gasteiger partial charge in [0.05, 0.1) is 5.01 Å². The molecule has 1 aromatic carbocycles. The molecule has 0 amide bonds. The van der Waals surface area contributed by atoms with Crippen molar-refractivity contribution in [2.45, 2.75) is 19.4 Å². The maximum atomic E-state index is 13.1. The summed E-state index contributed by atoms with van der Waals surface area (Å²) in [6, 6.07) is 3.89. The van der Waals surface area contributed by atoms with Gasteiger partial charge in [-0.1, -0.05) is 0 Å². The van der Waals surface area contributed by atoms with E-state index >= 15 is 0 Å². The second-order valence-corrected chi connectivity index (χ2v) is 5.03. The summed E-state index contributed by atoms with van der Waals surface area (Å²) in [4.78, 5) is 4.19. The van der Waals surface area contributed by atoms with E-state index in [0.717, 1.165) is 18.0 Å². The molecule has 2 N–H and O–H groups in total. The van der Waals surface area contributed by atoms with Crippen molar-refractivity contribution in [2.75, 3.05) is 6.54 Å². The first kappa shape index (κ1) is 13.0. The Bertz CT molecular complexity index is 502. The molecule has 0 aliphatic heterocycles. The summed E-state index contributed by atoms with van der Waals surface area (Å²) < 4.78 is 13.1. The summed E-state index contributed by atoms with van der Waals surface area (Å²) in [6.45, 7) is 2.64. The van der Waals surface area contributed by atoms with Crippen LogP contribution in [0.2, 0.25) is 0 Å². The smallest absolute Gasteiger partial charge is 0.123 e. The highest BCUT2D eigenvalue weighted by molar-refractivity contribution is 7.09. The Hall–Kier alpha value is -1.46. The summed E-state index contributed by atoms with van der Waals surface area (Å²) in [5.74, 6) is -0.220. The zero-order valence-corrected chi connectivity index (χ0v) is 10.9. The number of nitrogens with zero attached hydrogens (tertiary/aromatic N) is 1. The zero-order chi connectivity index (χ0) is 13.0. The molecule has 1 heterocycles. The fourth-order valence-electron chi connectivity index (χ4n) is 1.75. The van der Waals surface area contributed by atoms with E-state index in [9.17, 15) is 9.50 Å². The molecule has 0 aliphatic rings. The van der Waals surface area contributed by atoms with E-state index in [1.165, 1.54) is 18.2 Å². The Morgan fingerprint density at radius 1 is 1.50 bits per heavy atom. The number of aromatic hydroxyl groups is 1. The van der Waals surface area contributed by atoms with Gasteiger partial charge in [0.25, 0.3) is 0 Å². The topological polar surface area (TPSA) is 45.2 Å². The number of nitrogens with one attached hydrogen (secondary N) is 1. The van der Waals surface area contributed by atoms with Crippen molar-refractivity contribution >= 4 is 11.3 Å². The SMILES string of the molecule is CC(NCCc1nccs1)c1cc(F)ccc1O. The third-order valence-corrected chi connectivity index (χ3v) is 3.57. The van der Waals surface area contributed by atoms with E-state index in [1.807, 2.05) is 12.3 Å². The second-order valence-electron chi connectivity index (χ2n) is 4.05. The van der Waals surface area contributed by atoms with Gasteiger partial charge in [0.15, 0.2) is 0 Å². The summed E-state index contributed by atoms with van der Waals surface area (Å²) in [5, 5.41) is 15.9. The predicted molar refractivity (Wildman–Crippen MR) is 70.3 cm³/mol. The maximum absolute atomic E-state index is 13.1. The zero-order valence-electron chi connectivity index (χ0n) is 10.1. The van der Waals surface area contributed by atoms with Crippen LogP contribution in [0.4, 0.5) is 4.39 Å². The Morgan fingerprint density at radius 3 is 3.06 bits per heavy atom. The molecule has 0 saturated heterocycles. The minimum Gasteiger partial charge on any atom is -0.508 e. The summed E-state index contributed by atoms with van der Waals surface area (Å²) >= 11 is 1.62. The van der Waals surface area contributed by atoms with Crippen LogP contribution in [0.15, 0.2) is 29.8 Å². The van der Waals surface area contributed by atoms with E-state index in [2.05, 4.69) is 10.3 Å². The third kappa shape index (κ3) is 3.27. The molecule has 5 heteroatoms. The molecular weight excluding hydrogens is 251 g/mol. The van der Waals surface area contributed by atoms with Gasteiger partial charge in [-0.15, -0.1) is 11.3 Å². The van der Waals surface area contributed by atoms with Crippen molar-refractivity contribution in [1.82, 2.24) is 10.3 Å². The van der Waals surface area contributed by atoms with Crippen LogP contribution in [0.1, 0.15) is 23.5 Å². The second kappa shape index (κ2) is 5.93. The van der Waals surface area contributed by atoms with E-state index in [0.29, 0.717) is 5.56 Å². The van der Waals surface area contributed by atoms with Gasteiger partial charge in [-0.3, -0.25) is 0 Å². The molecule has 1 unspecified atom stereocenters. The van der Waals surface area contributed by atoms with Crippen molar-refractivity contribution in [3.63, 3.8) is 0 Å². The highest BCUT2D eigenvalue weighted by atomic mass is 32.1. The highest BCUT2D eigenvalue weighted by Gasteiger charge is 2.10. The van der Waals surface area contributed by atoms with Crippen LogP contribution in [0.25, 0.3) is 0 Å². The van der Waals surface area contributed by atoms with Crippen LogP contribution < -0.4 is 5.32 Å². The lowest BCUT2D eigenvalue weighted by Gasteiger charge is -2.15. The van der Waals surface area contributed by atoms with Gasteiger partial charge in [0, 0.05) is 36.1 Å². The van der Waals surface area contributed by atoms with Gasteiger partial charge in [-0.05, 0) is 25.1 Å². The number of halogens is 1. The average Bonchev–Trinajstić information content (AvgIpc) is 2.85. The largest absolute Gasteiger partial charge is 0.508 e. The van der Waals surface area contributed by atoms with Gasteiger partial charge in [-0.25, -0.2) is 9.37 Å². The number of hydrogen-bond acceptors (Lipinski definition) is 4. The lowest BCUT2D eigenvalue weighted by atomic mass is 10.1. The van der Waals surface area contributed by atoms with Crippen LogP contribution in [-0.4, -0.2) is 16.6 Å². The fourth-order valence-corrected chi connectivity index (χ4v) is 2.37. The molecule has 0 saturated carbocycles. The van der Waals surface area contributed by atoms with E-state index in [4.69, 9.17) is 0 Å². The number of thiazole rings is 1. The number of benzene rings is 1. The normalized spacial score (nSPS) is 12.6. The Balaban J connectivity index is 1.91. The number of hydrogen-bond donors (Lipinski definition) is 2. The molecule has 0 aliphatic carbocycles. The Kier molecular flexibility index (Phi) is 4.28. The van der Waals surface area contributed by atoms with Crippen molar-refractivity contribution in [2.24, 2.45) is 0 Å². The van der Waals surface area contributed by atoms with Gasteiger partial charge < -0.3 is 10.4 Å². The van der Waals surface area contributed by atoms with Gasteiger partial charge >= 0.3 is 0 Å². The molecular formula is C13H15FN2OS. The Labute approximate surface area is 109 Å². The number of phenols is 1. The first-order valence-corrected chi connectivity index (χ1v) is 6.65. The molecule has 0 fully saturated rings. The molecule has 18 heavy (non-hydrogen) atoms. The molecule has 1 aromatic heterocycles. The molecule has 0 radical (unpaired) electrons. The average molecular weight is 266 g/mol. The lowest BCUT2D eigenvalue weighted by molar-refractivity contribution is 0.450. The summed E-state index contributed by atoms with van der Waals surface area (Å²) in [7, 11) is 0. The van der Waals surface area contributed by atoms with Crippen molar-refractivity contribution in [1.29, 1.82) is 0 Å². The lowest BCUT2D eigenvalue weighted by Crippen LogP contribution is -2.21. The van der Waals surface area contributed by atoms with Crippen LogP contribution in [0.5, 0.6) is 5.75 Å². The first-order valence-electron chi connectivity index (χ1n) is 5.77. The fraction of sp³-hybridized carbons (Fsp3) is 0.308. The standard InChI is InChI=1S/C13H15FN2OS/c1-9(11-8-10(14)2-3-12(11)17)15-5-4-13-16-6-7-18-13/h2-3,6-9,15,17H,4-5H2,1H3. The molecule has 0 spiro atoms. The van der Waals surface area contributed by atoms with Crippen LogP contribution >= 0.6 is 11.3 Å². The van der Waals surface area contributed by atoms with Crippen LogP contribution in [-0.2, 0) is 6.42 Å². The maximum Gasteiger partial charge on any atom is 0.123 e. The van der Waals surface area contributed by atoms with Gasteiger partial charge in [0.2, 0.25) is 0 Å². The minimum atomic E-state index is -0.337. The predicted octanol–water partition coefficient (Wildman–Crippen LogP) is 2.88. The molecule has 0 bridgehead atoms. The summed E-state index contributed by atoms with van der Waals surface area (Å²) in [5.41, 5.74) is 0.578. The third-order valence-electron chi connectivity index (χ3n) is 2.73. The van der Waals surface area contributed by atoms with E-state index < -0.39 is 0 Å². The van der Waals surface area contributed by atoms with Crippen molar-refractivity contribution < 1.29 is 9.50 Å². The highest BCUT2D eigenvalue weighted by Crippen LogP contribution is 2.24. The minimum absolute atomic E-state index is 0.0966. The van der Waals surface area contributed by atoms with Crippen LogP contribution in [0.3, 0.4) is 0 Å².